The van der Waals surface area contributed by atoms with E-state index in [2.05, 4.69) is 24.1 Å². The van der Waals surface area contributed by atoms with Gasteiger partial charge in [-0.15, -0.1) is 0 Å². The number of hydrogen-bond donors (Lipinski definition) is 1. The maximum atomic E-state index is 6.34. The van der Waals surface area contributed by atoms with Crippen molar-refractivity contribution < 1.29 is 4.74 Å². The van der Waals surface area contributed by atoms with Gasteiger partial charge in [-0.05, 0) is 25.1 Å². The molecule has 0 amide bonds. The third kappa shape index (κ3) is 3.52. The van der Waals surface area contributed by atoms with Gasteiger partial charge in [-0.2, -0.15) is 0 Å². The van der Waals surface area contributed by atoms with E-state index in [-0.39, 0.29) is 6.04 Å². The van der Waals surface area contributed by atoms with Crippen molar-refractivity contribution in [3.63, 3.8) is 0 Å². The molecule has 0 heterocycles. The van der Waals surface area contributed by atoms with Gasteiger partial charge < -0.3 is 15.4 Å². The Bertz CT molecular complexity index is 528. The summed E-state index contributed by atoms with van der Waals surface area (Å²) in [5.41, 5.74) is 8.56. The number of likely N-dealkylation sites (N-methyl/N-ethyl adjacent to an activating group) is 1. The summed E-state index contributed by atoms with van der Waals surface area (Å²) in [5, 5.41) is 0. The molecule has 2 aromatic carbocycles. The Labute approximate surface area is 121 Å². The molecule has 0 aliphatic rings. The summed E-state index contributed by atoms with van der Waals surface area (Å²) in [5.74, 6) is 0.879. The monoisotopic (exact) mass is 270 g/mol. The van der Waals surface area contributed by atoms with E-state index in [1.807, 2.05) is 49.4 Å². The van der Waals surface area contributed by atoms with Crippen LogP contribution in [0.5, 0.6) is 5.75 Å². The quantitative estimate of drug-likeness (QED) is 0.876. The minimum absolute atomic E-state index is 0.0806. The molecule has 0 aliphatic heterocycles. The lowest BCUT2D eigenvalue weighted by atomic mass is 10.1. The summed E-state index contributed by atoms with van der Waals surface area (Å²) >= 11 is 0. The Hall–Kier alpha value is -2.00. The molecule has 0 aromatic heterocycles. The third-order valence-corrected chi connectivity index (χ3v) is 3.29. The molecule has 2 N–H and O–H groups in total. The number of nitrogens with two attached hydrogens (primary N) is 1. The van der Waals surface area contributed by atoms with Crippen LogP contribution in [0, 0.1) is 0 Å². The number of rotatable bonds is 6. The molecule has 0 bridgehead atoms. The lowest BCUT2D eigenvalue weighted by molar-refractivity contribution is 0.334. The molecular formula is C17H22N2O. The van der Waals surface area contributed by atoms with Crippen LogP contribution in [0.2, 0.25) is 0 Å². The zero-order valence-electron chi connectivity index (χ0n) is 12.1. The average Bonchev–Trinajstić information content (AvgIpc) is 2.49. The van der Waals surface area contributed by atoms with E-state index in [0.29, 0.717) is 6.61 Å². The first-order valence-corrected chi connectivity index (χ1v) is 6.96. The smallest absolute Gasteiger partial charge is 0.124 e. The van der Waals surface area contributed by atoms with Crippen LogP contribution < -0.4 is 15.4 Å². The molecule has 0 radical (unpaired) electrons. The highest BCUT2D eigenvalue weighted by molar-refractivity contribution is 5.46. The van der Waals surface area contributed by atoms with E-state index in [1.54, 1.807) is 0 Å². The Morgan fingerprint density at radius 2 is 1.70 bits per heavy atom. The molecule has 0 spiro atoms. The van der Waals surface area contributed by atoms with E-state index >= 15 is 0 Å². The molecule has 1 atom stereocenters. The fourth-order valence-corrected chi connectivity index (χ4v) is 2.26. The standard InChI is InChI=1S/C17H22N2O/c1-3-20-17-12-8-7-11-15(17)16(18)13-19(2)14-9-5-4-6-10-14/h4-12,16H,3,13,18H2,1-2H3. The van der Waals surface area contributed by atoms with Gasteiger partial charge in [0, 0.05) is 24.8 Å². The van der Waals surface area contributed by atoms with Gasteiger partial charge in [0.25, 0.3) is 0 Å². The Balaban J connectivity index is 2.10. The van der Waals surface area contributed by atoms with Crippen molar-refractivity contribution in [3.05, 3.63) is 60.2 Å². The predicted molar refractivity (Wildman–Crippen MR) is 84.3 cm³/mol. The van der Waals surface area contributed by atoms with Crippen molar-refractivity contribution in [2.24, 2.45) is 5.73 Å². The summed E-state index contributed by atoms with van der Waals surface area (Å²) in [6, 6.07) is 18.2. The van der Waals surface area contributed by atoms with Crippen LogP contribution in [-0.4, -0.2) is 20.2 Å². The van der Waals surface area contributed by atoms with Crippen LogP contribution in [-0.2, 0) is 0 Å². The van der Waals surface area contributed by atoms with Gasteiger partial charge in [-0.1, -0.05) is 36.4 Å². The largest absolute Gasteiger partial charge is 0.494 e. The van der Waals surface area contributed by atoms with Crippen molar-refractivity contribution >= 4 is 5.69 Å². The molecule has 0 saturated heterocycles. The highest BCUT2D eigenvalue weighted by Gasteiger charge is 2.14. The van der Waals surface area contributed by atoms with E-state index in [9.17, 15) is 0 Å². The van der Waals surface area contributed by atoms with E-state index < -0.39 is 0 Å². The first-order chi connectivity index (χ1) is 9.72. The van der Waals surface area contributed by atoms with Crippen LogP contribution in [0.4, 0.5) is 5.69 Å². The van der Waals surface area contributed by atoms with Crippen LogP contribution in [0.1, 0.15) is 18.5 Å². The second-order valence-electron chi connectivity index (χ2n) is 4.79. The molecule has 3 heteroatoms. The second-order valence-corrected chi connectivity index (χ2v) is 4.79. The fourth-order valence-electron chi connectivity index (χ4n) is 2.26. The second kappa shape index (κ2) is 6.96. The van der Waals surface area contributed by atoms with Gasteiger partial charge in [0.2, 0.25) is 0 Å². The van der Waals surface area contributed by atoms with Crippen molar-refractivity contribution in [2.75, 3.05) is 25.1 Å². The number of benzene rings is 2. The molecule has 2 rings (SSSR count). The average molecular weight is 270 g/mol. The van der Waals surface area contributed by atoms with E-state index in [0.717, 1.165) is 23.5 Å². The summed E-state index contributed by atoms with van der Waals surface area (Å²) in [6.07, 6.45) is 0. The van der Waals surface area contributed by atoms with Gasteiger partial charge in [0.1, 0.15) is 5.75 Å². The topological polar surface area (TPSA) is 38.5 Å². The maximum absolute atomic E-state index is 6.34. The van der Waals surface area contributed by atoms with Crippen molar-refractivity contribution in [3.8, 4) is 5.75 Å². The highest BCUT2D eigenvalue weighted by atomic mass is 16.5. The van der Waals surface area contributed by atoms with E-state index in [4.69, 9.17) is 10.5 Å². The van der Waals surface area contributed by atoms with Gasteiger partial charge >= 0.3 is 0 Å². The van der Waals surface area contributed by atoms with Crippen LogP contribution in [0.25, 0.3) is 0 Å². The summed E-state index contributed by atoms with van der Waals surface area (Å²) in [7, 11) is 2.05. The molecule has 0 saturated carbocycles. The molecule has 0 fully saturated rings. The first kappa shape index (κ1) is 14.4. The predicted octanol–water partition coefficient (Wildman–Crippen LogP) is 3.22. The fraction of sp³-hybridized carbons (Fsp3) is 0.294. The van der Waals surface area contributed by atoms with Gasteiger partial charge in [0.15, 0.2) is 0 Å². The van der Waals surface area contributed by atoms with Crippen LogP contribution >= 0.6 is 0 Å². The maximum Gasteiger partial charge on any atom is 0.124 e. The highest BCUT2D eigenvalue weighted by Crippen LogP contribution is 2.25. The zero-order chi connectivity index (χ0) is 14.4. The van der Waals surface area contributed by atoms with Gasteiger partial charge in [-0.25, -0.2) is 0 Å². The van der Waals surface area contributed by atoms with Crippen molar-refractivity contribution in [2.45, 2.75) is 13.0 Å². The number of anilines is 1. The summed E-state index contributed by atoms with van der Waals surface area (Å²) in [6.45, 7) is 3.38. The third-order valence-electron chi connectivity index (χ3n) is 3.29. The molecule has 106 valence electrons. The molecule has 20 heavy (non-hydrogen) atoms. The minimum Gasteiger partial charge on any atom is -0.494 e. The van der Waals surface area contributed by atoms with Crippen molar-refractivity contribution in [1.82, 2.24) is 0 Å². The number of ether oxygens (including phenoxy) is 1. The van der Waals surface area contributed by atoms with Crippen LogP contribution in [0.15, 0.2) is 54.6 Å². The number of hydrogen-bond acceptors (Lipinski definition) is 3. The van der Waals surface area contributed by atoms with Crippen LogP contribution in [0.3, 0.4) is 0 Å². The lowest BCUT2D eigenvalue weighted by Crippen LogP contribution is -2.29. The molecule has 2 aromatic rings. The Kier molecular flexibility index (Phi) is 5.02. The lowest BCUT2D eigenvalue weighted by Gasteiger charge is -2.24. The molecule has 0 aliphatic carbocycles. The molecular weight excluding hydrogens is 248 g/mol. The minimum atomic E-state index is -0.0806. The summed E-state index contributed by atoms with van der Waals surface area (Å²) in [4.78, 5) is 2.16. The normalized spacial score (nSPS) is 11.9. The zero-order valence-corrected chi connectivity index (χ0v) is 12.1. The number of para-hydroxylation sites is 2. The van der Waals surface area contributed by atoms with E-state index in [1.165, 1.54) is 0 Å². The van der Waals surface area contributed by atoms with Crippen molar-refractivity contribution in [1.29, 1.82) is 0 Å². The van der Waals surface area contributed by atoms with Gasteiger partial charge in [-0.3, -0.25) is 0 Å². The first-order valence-electron chi connectivity index (χ1n) is 6.96. The molecule has 1 unspecified atom stereocenters. The summed E-state index contributed by atoms with van der Waals surface area (Å²) < 4.78 is 5.65. The molecule has 3 nitrogen and oxygen atoms in total. The Morgan fingerprint density at radius 3 is 2.40 bits per heavy atom. The SMILES string of the molecule is CCOc1ccccc1C(N)CN(C)c1ccccc1. The van der Waals surface area contributed by atoms with Gasteiger partial charge in [0.05, 0.1) is 12.6 Å². The Morgan fingerprint density at radius 1 is 1.05 bits per heavy atom. The number of nitrogens with zero attached hydrogens (tertiary/aromatic N) is 1.